The van der Waals surface area contributed by atoms with Crippen LogP contribution in [0.5, 0.6) is 0 Å². The van der Waals surface area contributed by atoms with Crippen LogP contribution >= 0.6 is 11.6 Å². The zero-order chi connectivity index (χ0) is 25.6. The first-order chi connectivity index (χ1) is 17.2. The third kappa shape index (κ3) is 4.87. The number of nitrogens with one attached hydrogen (secondary N) is 3. The van der Waals surface area contributed by atoms with Gasteiger partial charge in [0.1, 0.15) is 22.6 Å². The fourth-order valence-corrected chi connectivity index (χ4v) is 4.75. The first kappa shape index (κ1) is 24.1. The molecule has 5 rings (SSSR count). The van der Waals surface area contributed by atoms with Crippen LogP contribution in [0.25, 0.3) is 0 Å². The molecule has 0 aromatic carbocycles. The molecule has 2 saturated carbocycles. The second kappa shape index (κ2) is 9.45. The van der Waals surface area contributed by atoms with Crippen LogP contribution in [-0.4, -0.2) is 48.1 Å². The lowest BCUT2D eigenvalue weighted by Gasteiger charge is -2.27. The summed E-state index contributed by atoms with van der Waals surface area (Å²) in [5, 5.41) is 22.4. The zero-order valence-corrected chi connectivity index (χ0v) is 20.3. The molecule has 0 spiro atoms. The van der Waals surface area contributed by atoms with Gasteiger partial charge >= 0.3 is 0 Å². The predicted molar refractivity (Wildman–Crippen MR) is 124 cm³/mol. The average Bonchev–Trinajstić information content (AvgIpc) is 3.78. The molecule has 2 aliphatic rings. The number of H-pyrrole nitrogens is 1. The number of amides is 2. The van der Waals surface area contributed by atoms with Crippen LogP contribution in [0.4, 0.5) is 10.1 Å². The van der Waals surface area contributed by atoms with Crippen LogP contribution in [0.1, 0.15) is 60.4 Å². The van der Waals surface area contributed by atoms with E-state index < -0.39 is 35.4 Å². The Balaban J connectivity index is 1.38. The standard InChI is InChI=1S/C22H24ClFN8O4/c1-9-17(31-36-30-9)21(34)26-18(16(11-3-4-11)12-5-6-12)22(35)25-14-8-32(29-19(14)24)10(2)13-7-15(23)27-28-20(13)33/h7-8,10-12,16,18H,3-6H2,1-2H3,(H,25,35)(H,26,34)(H,28,33)/t10?,18-/m0/s1. The maximum atomic E-state index is 14.8. The summed E-state index contributed by atoms with van der Waals surface area (Å²) in [7, 11) is 0. The predicted octanol–water partition coefficient (Wildman–Crippen LogP) is 2.23. The smallest absolute Gasteiger partial charge is 0.276 e. The van der Waals surface area contributed by atoms with Gasteiger partial charge in [0.2, 0.25) is 5.91 Å². The highest BCUT2D eigenvalue weighted by Crippen LogP contribution is 2.51. The molecular formula is C22H24ClFN8O4. The molecule has 3 N–H and O–H groups in total. The summed E-state index contributed by atoms with van der Waals surface area (Å²) in [5.74, 6) is -1.54. The maximum absolute atomic E-state index is 14.8. The van der Waals surface area contributed by atoms with Gasteiger partial charge in [-0.1, -0.05) is 16.8 Å². The van der Waals surface area contributed by atoms with E-state index in [2.05, 4.69) is 40.9 Å². The van der Waals surface area contributed by atoms with E-state index in [1.54, 1.807) is 13.8 Å². The third-order valence-electron chi connectivity index (χ3n) is 6.75. The molecule has 0 radical (unpaired) electrons. The quantitative estimate of drug-likeness (QED) is 0.388. The van der Waals surface area contributed by atoms with Gasteiger partial charge in [-0.2, -0.15) is 9.49 Å². The topological polar surface area (TPSA) is 161 Å². The molecular weight excluding hydrogens is 495 g/mol. The number of nitrogens with zero attached hydrogens (tertiary/aromatic N) is 5. The lowest BCUT2D eigenvalue weighted by atomic mass is 9.88. The van der Waals surface area contributed by atoms with E-state index in [4.69, 9.17) is 11.6 Å². The van der Waals surface area contributed by atoms with Crippen LogP contribution < -0.4 is 16.2 Å². The summed E-state index contributed by atoms with van der Waals surface area (Å²) in [5.41, 5.74) is -0.154. The molecule has 2 fully saturated rings. The SMILES string of the molecule is Cc1nonc1C(=O)N[C@H](C(=O)Nc1cn(C(C)c2cc(Cl)n[nH]c2=O)nc1F)C(C1CC1)C1CC1. The van der Waals surface area contributed by atoms with Gasteiger partial charge in [-0.15, -0.1) is 5.10 Å². The van der Waals surface area contributed by atoms with Gasteiger partial charge in [-0.05, 0) is 68.5 Å². The number of carbonyl (C=O) groups excluding carboxylic acids is 2. The zero-order valence-electron chi connectivity index (χ0n) is 19.5. The highest BCUT2D eigenvalue weighted by atomic mass is 35.5. The monoisotopic (exact) mass is 518 g/mol. The minimum absolute atomic E-state index is 0.00722. The van der Waals surface area contributed by atoms with Crippen molar-refractivity contribution in [2.24, 2.45) is 17.8 Å². The number of hydrogen-bond acceptors (Lipinski definition) is 8. The Bertz CT molecular complexity index is 1350. The van der Waals surface area contributed by atoms with Gasteiger partial charge in [0.05, 0.1) is 12.2 Å². The second-order valence-electron chi connectivity index (χ2n) is 9.36. The number of hydrogen-bond donors (Lipinski definition) is 3. The number of halogens is 2. The summed E-state index contributed by atoms with van der Waals surface area (Å²) in [6.45, 7) is 3.21. The molecule has 3 aromatic rings. The maximum Gasteiger partial charge on any atom is 0.276 e. The Hall–Kier alpha value is -3.61. The van der Waals surface area contributed by atoms with Crippen LogP contribution in [-0.2, 0) is 4.79 Å². The molecule has 2 amide bonds. The Kier molecular flexibility index (Phi) is 6.33. The molecule has 3 heterocycles. The van der Waals surface area contributed by atoms with Crippen molar-refractivity contribution < 1.29 is 18.6 Å². The van der Waals surface area contributed by atoms with Crippen LogP contribution in [0.2, 0.25) is 5.15 Å². The Morgan fingerprint density at radius 1 is 1.25 bits per heavy atom. The number of aromatic amines is 1. The van der Waals surface area contributed by atoms with E-state index in [-0.39, 0.29) is 28.0 Å². The van der Waals surface area contributed by atoms with E-state index in [0.717, 1.165) is 25.7 Å². The van der Waals surface area contributed by atoms with E-state index in [1.165, 1.54) is 16.9 Å². The highest BCUT2D eigenvalue weighted by molar-refractivity contribution is 6.29. The molecule has 36 heavy (non-hydrogen) atoms. The number of carbonyl (C=O) groups is 2. The Morgan fingerprint density at radius 2 is 1.94 bits per heavy atom. The van der Waals surface area contributed by atoms with Crippen molar-refractivity contribution in [3.05, 3.63) is 50.7 Å². The molecule has 0 saturated heterocycles. The van der Waals surface area contributed by atoms with Crippen LogP contribution in [0.3, 0.4) is 0 Å². The highest BCUT2D eigenvalue weighted by Gasteiger charge is 2.48. The number of anilines is 1. The van der Waals surface area contributed by atoms with Gasteiger partial charge in [-0.25, -0.2) is 9.73 Å². The summed E-state index contributed by atoms with van der Waals surface area (Å²) in [6.07, 6.45) is 5.17. The van der Waals surface area contributed by atoms with Gasteiger partial charge in [0, 0.05) is 5.56 Å². The van der Waals surface area contributed by atoms with Crippen molar-refractivity contribution in [3.63, 3.8) is 0 Å². The Morgan fingerprint density at radius 3 is 2.56 bits per heavy atom. The van der Waals surface area contributed by atoms with E-state index in [9.17, 15) is 18.8 Å². The number of aryl methyl sites for hydroxylation is 1. The number of aromatic nitrogens is 6. The van der Waals surface area contributed by atoms with Crippen molar-refractivity contribution in [2.45, 2.75) is 51.6 Å². The average molecular weight is 519 g/mol. The molecule has 0 bridgehead atoms. The van der Waals surface area contributed by atoms with Gasteiger partial charge < -0.3 is 10.6 Å². The van der Waals surface area contributed by atoms with Crippen molar-refractivity contribution in [1.29, 1.82) is 0 Å². The molecule has 2 aliphatic carbocycles. The fraction of sp³-hybridized carbons (Fsp3) is 0.500. The van der Waals surface area contributed by atoms with Gasteiger partial charge in [-0.3, -0.25) is 19.1 Å². The van der Waals surface area contributed by atoms with Crippen molar-refractivity contribution in [2.75, 3.05) is 5.32 Å². The molecule has 14 heteroatoms. The third-order valence-corrected chi connectivity index (χ3v) is 6.94. The largest absolute Gasteiger partial charge is 0.338 e. The lowest BCUT2D eigenvalue weighted by molar-refractivity contribution is -0.119. The summed E-state index contributed by atoms with van der Waals surface area (Å²) in [6, 6.07) is -0.237. The second-order valence-corrected chi connectivity index (χ2v) is 9.74. The molecule has 3 aromatic heterocycles. The first-order valence-electron chi connectivity index (χ1n) is 11.6. The fourth-order valence-electron chi connectivity index (χ4n) is 4.59. The summed E-state index contributed by atoms with van der Waals surface area (Å²) >= 11 is 5.88. The molecule has 2 atom stereocenters. The minimum atomic E-state index is -0.928. The summed E-state index contributed by atoms with van der Waals surface area (Å²) in [4.78, 5) is 38.5. The molecule has 12 nitrogen and oxygen atoms in total. The molecule has 0 aliphatic heterocycles. The van der Waals surface area contributed by atoms with Crippen LogP contribution in [0, 0.1) is 30.6 Å². The van der Waals surface area contributed by atoms with E-state index >= 15 is 0 Å². The number of rotatable bonds is 9. The summed E-state index contributed by atoms with van der Waals surface area (Å²) < 4.78 is 20.6. The van der Waals surface area contributed by atoms with E-state index in [0.29, 0.717) is 17.5 Å². The molecule has 190 valence electrons. The Labute approximate surface area is 208 Å². The van der Waals surface area contributed by atoms with Crippen molar-refractivity contribution in [1.82, 2.24) is 35.6 Å². The van der Waals surface area contributed by atoms with Crippen LogP contribution in [0.15, 0.2) is 21.7 Å². The molecule has 1 unspecified atom stereocenters. The van der Waals surface area contributed by atoms with Gasteiger partial charge in [0.15, 0.2) is 5.69 Å². The first-order valence-corrected chi connectivity index (χ1v) is 12.0. The lowest BCUT2D eigenvalue weighted by Crippen LogP contribution is -2.50. The van der Waals surface area contributed by atoms with E-state index in [1.807, 2.05) is 0 Å². The normalized spacial score (nSPS) is 17.1. The van der Waals surface area contributed by atoms with Crippen molar-refractivity contribution in [3.8, 4) is 0 Å². The van der Waals surface area contributed by atoms with Crippen molar-refractivity contribution >= 4 is 29.1 Å². The minimum Gasteiger partial charge on any atom is -0.338 e. The van der Waals surface area contributed by atoms with Gasteiger partial charge in [0.25, 0.3) is 17.4 Å².